The molecule has 0 fully saturated rings. The van der Waals surface area contributed by atoms with Gasteiger partial charge < -0.3 is 14.4 Å². The Morgan fingerprint density at radius 2 is 1.94 bits per heavy atom. The Labute approximate surface area is 193 Å². The molecule has 0 atom stereocenters. The summed E-state index contributed by atoms with van der Waals surface area (Å²) >= 11 is 1.52. The molecule has 0 unspecified atom stereocenters. The molecule has 2 aromatic carbocycles. The van der Waals surface area contributed by atoms with E-state index >= 15 is 0 Å². The second kappa shape index (κ2) is 9.43. The molecule has 0 N–H and O–H groups in total. The van der Waals surface area contributed by atoms with Crippen LogP contribution in [0, 0.1) is 6.92 Å². The molecule has 33 heavy (non-hydrogen) atoms. The number of anilines is 1. The molecule has 3 aromatic rings. The lowest BCUT2D eigenvalue weighted by Crippen LogP contribution is -2.23. The Morgan fingerprint density at radius 1 is 1.18 bits per heavy atom. The maximum atomic E-state index is 12.8. The molecular weight excluding hydrogens is 453 g/mol. The lowest BCUT2D eigenvalue weighted by molar-refractivity contribution is -0.143. The van der Waals surface area contributed by atoms with Gasteiger partial charge in [0.25, 0.3) is 0 Å². The van der Waals surface area contributed by atoms with Crippen LogP contribution in [0.3, 0.4) is 0 Å². The summed E-state index contributed by atoms with van der Waals surface area (Å²) in [5.74, 6) is 0.216. The van der Waals surface area contributed by atoms with Crippen LogP contribution in [0.5, 0.6) is 5.75 Å². The van der Waals surface area contributed by atoms with Crippen molar-refractivity contribution in [3.05, 3.63) is 64.2 Å². The van der Waals surface area contributed by atoms with Gasteiger partial charge in [0.05, 0.1) is 18.4 Å². The Kier molecular flexibility index (Phi) is 6.60. The number of ether oxygens (including phenoxy) is 2. The highest BCUT2D eigenvalue weighted by atomic mass is 32.1. The van der Waals surface area contributed by atoms with E-state index in [1.807, 2.05) is 25.1 Å². The molecule has 5 nitrogen and oxygen atoms in total. The topological polar surface area (TPSA) is 51.7 Å². The fraction of sp³-hybridized carbons (Fsp3) is 0.333. The first-order valence-electron chi connectivity index (χ1n) is 10.5. The van der Waals surface area contributed by atoms with E-state index in [1.54, 1.807) is 0 Å². The summed E-state index contributed by atoms with van der Waals surface area (Å²) in [5.41, 5.74) is 3.25. The minimum Gasteiger partial charge on any atom is -0.482 e. The van der Waals surface area contributed by atoms with Crippen LogP contribution in [0.15, 0.2) is 42.5 Å². The summed E-state index contributed by atoms with van der Waals surface area (Å²) in [7, 11) is 1.32. The minimum atomic E-state index is -4.34. The average Bonchev–Trinajstić information content (AvgIpc) is 3.38. The molecule has 0 radical (unpaired) electrons. The van der Waals surface area contributed by atoms with Crippen LogP contribution < -0.4 is 9.64 Å². The van der Waals surface area contributed by atoms with Gasteiger partial charge in [-0.15, -0.1) is 11.3 Å². The number of methoxy groups -OCH3 is 1. The predicted octanol–water partition coefficient (Wildman–Crippen LogP) is 5.29. The Morgan fingerprint density at radius 3 is 2.64 bits per heavy atom. The van der Waals surface area contributed by atoms with Crippen LogP contribution in [0.4, 0.5) is 18.9 Å². The highest BCUT2D eigenvalue weighted by Gasteiger charge is 2.30. The van der Waals surface area contributed by atoms with Gasteiger partial charge in [-0.25, -0.2) is 9.78 Å². The Hall–Kier alpha value is -3.07. The number of carbonyl (C=O) groups is 1. The Balaban J connectivity index is 1.40. The second-order valence-electron chi connectivity index (χ2n) is 7.75. The third-order valence-corrected chi connectivity index (χ3v) is 6.85. The molecule has 174 valence electrons. The van der Waals surface area contributed by atoms with Crippen molar-refractivity contribution in [3.63, 3.8) is 0 Å². The monoisotopic (exact) mass is 476 g/mol. The van der Waals surface area contributed by atoms with Crippen molar-refractivity contribution >= 4 is 23.0 Å². The summed E-state index contributed by atoms with van der Waals surface area (Å²) in [6.07, 6.45) is -2.66. The summed E-state index contributed by atoms with van der Waals surface area (Å²) < 4.78 is 48.5. The van der Waals surface area contributed by atoms with E-state index < -0.39 is 17.7 Å². The normalized spacial score (nSPS) is 13.2. The molecule has 0 saturated heterocycles. The molecular formula is C24H23F3N2O3S. The number of hydrogen-bond acceptors (Lipinski definition) is 6. The number of thiazole rings is 1. The molecule has 1 aromatic heterocycles. The number of nitrogens with zero attached hydrogens (tertiary/aromatic N) is 2. The highest BCUT2D eigenvalue weighted by molar-refractivity contribution is 7.15. The number of fused-ring (bicyclic) bond motifs is 1. The van der Waals surface area contributed by atoms with Crippen LogP contribution in [0.25, 0.3) is 10.6 Å². The van der Waals surface area contributed by atoms with Crippen molar-refractivity contribution in [2.45, 2.75) is 25.9 Å². The molecule has 0 aliphatic carbocycles. The lowest BCUT2D eigenvalue weighted by Gasteiger charge is -2.19. The third kappa shape index (κ3) is 5.30. The van der Waals surface area contributed by atoms with E-state index in [9.17, 15) is 18.0 Å². The maximum Gasteiger partial charge on any atom is 0.416 e. The van der Waals surface area contributed by atoms with Crippen LogP contribution in [-0.4, -0.2) is 37.8 Å². The van der Waals surface area contributed by atoms with Crippen molar-refractivity contribution in [1.29, 1.82) is 0 Å². The van der Waals surface area contributed by atoms with Crippen molar-refractivity contribution < 1.29 is 27.4 Å². The van der Waals surface area contributed by atoms with Crippen molar-refractivity contribution in [3.8, 4) is 16.3 Å². The third-order valence-electron chi connectivity index (χ3n) is 5.59. The van der Waals surface area contributed by atoms with Gasteiger partial charge >= 0.3 is 12.1 Å². The molecule has 0 saturated carbocycles. The van der Waals surface area contributed by atoms with Gasteiger partial charge in [-0.2, -0.15) is 13.2 Å². The summed E-state index contributed by atoms with van der Waals surface area (Å²) in [6, 6.07) is 10.9. The fourth-order valence-electron chi connectivity index (χ4n) is 3.79. The number of hydrogen-bond donors (Lipinski definition) is 0. The predicted molar refractivity (Wildman–Crippen MR) is 121 cm³/mol. The maximum absolute atomic E-state index is 12.8. The molecule has 9 heteroatoms. The van der Waals surface area contributed by atoms with Crippen LogP contribution in [0.2, 0.25) is 0 Å². The first kappa shape index (κ1) is 23.1. The molecule has 1 aliphatic rings. The number of esters is 1. The van der Waals surface area contributed by atoms with E-state index in [4.69, 9.17) is 4.74 Å². The zero-order valence-corrected chi connectivity index (χ0v) is 19.1. The molecule has 0 amide bonds. The number of carbonyl (C=O) groups excluding carboxylic acids is 1. The fourth-order valence-corrected chi connectivity index (χ4v) is 4.85. The Bertz CT molecular complexity index is 1140. The van der Waals surface area contributed by atoms with Gasteiger partial charge in [-0.3, -0.25) is 0 Å². The van der Waals surface area contributed by atoms with Gasteiger partial charge in [0, 0.05) is 35.6 Å². The number of alkyl halides is 3. The minimum absolute atomic E-state index is 0.120. The second-order valence-corrected chi connectivity index (χ2v) is 8.83. The first-order chi connectivity index (χ1) is 15.7. The molecule has 0 bridgehead atoms. The van der Waals surface area contributed by atoms with E-state index in [0.29, 0.717) is 11.3 Å². The smallest absolute Gasteiger partial charge is 0.416 e. The van der Waals surface area contributed by atoms with Crippen LogP contribution >= 0.6 is 11.3 Å². The highest BCUT2D eigenvalue weighted by Crippen LogP contribution is 2.34. The summed E-state index contributed by atoms with van der Waals surface area (Å²) in [4.78, 5) is 19.3. The van der Waals surface area contributed by atoms with Crippen molar-refractivity contribution in [1.82, 2.24) is 4.98 Å². The SMILES string of the molecule is COC(=O)COc1ccc2c(c1)CCN2CCc1sc(-c2ccc(C(F)(F)F)cc2)nc1C. The van der Waals surface area contributed by atoms with Crippen molar-refractivity contribution in [2.75, 3.05) is 31.7 Å². The summed E-state index contributed by atoms with van der Waals surface area (Å²) in [5, 5.41) is 0.727. The van der Waals surface area contributed by atoms with Gasteiger partial charge in [-0.1, -0.05) is 12.1 Å². The number of aryl methyl sites for hydroxylation is 1. The quantitative estimate of drug-likeness (QED) is 0.434. The average molecular weight is 477 g/mol. The number of benzene rings is 2. The molecule has 0 spiro atoms. The number of halogens is 3. The first-order valence-corrected chi connectivity index (χ1v) is 11.3. The van der Waals surface area contributed by atoms with Crippen LogP contribution in [-0.2, 0) is 28.5 Å². The van der Waals surface area contributed by atoms with Gasteiger partial charge in [0.1, 0.15) is 10.8 Å². The molecule has 4 rings (SSSR count). The van der Waals surface area contributed by atoms with Crippen LogP contribution in [0.1, 0.15) is 21.7 Å². The molecule has 2 heterocycles. The van der Waals surface area contributed by atoms with E-state index in [0.717, 1.165) is 59.3 Å². The number of rotatable bonds is 7. The van der Waals surface area contributed by atoms with Gasteiger partial charge in [0.2, 0.25) is 0 Å². The van der Waals surface area contributed by atoms with E-state index in [2.05, 4.69) is 14.6 Å². The lowest BCUT2D eigenvalue weighted by atomic mass is 10.1. The largest absolute Gasteiger partial charge is 0.482 e. The standard InChI is InChI=1S/C24H23F3N2O3S/c1-15-21(33-23(28-15)16-3-5-18(6-4-16)24(25,26)27)10-12-29-11-9-17-13-19(7-8-20(17)29)32-14-22(30)31-2/h3-8,13H,9-12,14H2,1-2H3. The zero-order valence-electron chi connectivity index (χ0n) is 18.2. The summed E-state index contributed by atoms with van der Waals surface area (Å²) in [6.45, 7) is 3.51. The number of aromatic nitrogens is 1. The zero-order chi connectivity index (χ0) is 23.6. The van der Waals surface area contributed by atoms with E-state index in [-0.39, 0.29) is 6.61 Å². The van der Waals surface area contributed by atoms with Gasteiger partial charge in [-0.05, 0) is 49.2 Å². The van der Waals surface area contributed by atoms with Gasteiger partial charge in [0.15, 0.2) is 6.61 Å². The van der Waals surface area contributed by atoms with E-state index in [1.165, 1.54) is 36.1 Å². The molecule has 1 aliphatic heterocycles. The van der Waals surface area contributed by atoms with Crippen molar-refractivity contribution in [2.24, 2.45) is 0 Å².